The van der Waals surface area contributed by atoms with Crippen LogP contribution >= 0.6 is 11.3 Å². The number of rotatable bonds is 4. The van der Waals surface area contributed by atoms with Gasteiger partial charge in [0.2, 0.25) is 0 Å². The number of thiazole rings is 1. The van der Waals surface area contributed by atoms with Gasteiger partial charge in [0.25, 0.3) is 5.91 Å². The third kappa shape index (κ3) is 3.83. The second-order valence-corrected chi connectivity index (χ2v) is 6.54. The van der Waals surface area contributed by atoms with Crippen molar-refractivity contribution in [1.82, 2.24) is 20.3 Å². The van der Waals surface area contributed by atoms with Crippen molar-refractivity contribution >= 4 is 23.1 Å². The molecule has 1 saturated heterocycles. The molecule has 1 amide bonds. The van der Waals surface area contributed by atoms with Crippen molar-refractivity contribution < 1.29 is 9.90 Å². The normalized spacial score (nSPS) is 21.2. The van der Waals surface area contributed by atoms with Crippen molar-refractivity contribution in [3.8, 4) is 0 Å². The summed E-state index contributed by atoms with van der Waals surface area (Å²) in [6.45, 7) is 3.37. The van der Waals surface area contributed by atoms with Crippen LogP contribution in [0.1, 0.15) is 29.0 Å². The van der Waals surface area contributed by atoms with E-state index >= 15 is 0 Å². The smallest absolute Gasteiger partial charge is 0.270 e. The maximum atomic E-state index is 12.0. The molecule has 7 nitrogen and oxygen atoms in total. The Hall–Kier alpha value is -2.06. The molecule has 3 heterocycles. The van der Waals surface area contributed by atoms with Crippen LogP contribution < -0.4 is 10.2 Å². The van der Waals surface area contributed by atoms with E-state index in [4.69, 9.17) is 0 Å². The van der Waals surface area contributed by atoms with E-state index in [1.807, 2.05) is 17.9 Å². The van der Waals surface area contributed by atoms with Gasteiger partial charge in [0.1, 0.15) is 17.8 Å². The fraction of sp³-hybridized carbons (Fsp3) is 0.467. The van der Waals surface area contributed by atoms with Crippen LogP contribution in [0.2, 0.25) is 0 Å². The van der Waals surface area contributed by atoms with Crippen LogP contribution in [0.3, 0.4) is 0 Å². The molecule has 1 fully saturated rings. The number of β-amino-alcohol motifs (C(OH)–C–C–N with tert-alkyl or cyclic N) is 1. The van der Waals surface area contributed by atoms with Crippen molar-refractivity contribution in [3.05, 3.63) is 34.7 Å². The number of aromatic nitrogens is 3. The van der Waals surface area contributed by atoms with Crippen molar-refractivity contribution in [2.24, 2.45) is 0 Å². The molecular weight excluding hydrogens is 314 g/mol. The van der Waals surface area contributed by atoms with E-state index in [1.54, 1.807) is 10.9 Å². The van der Waals surface area contributed by atoms with Crippen molar-refractivity contribution in [2.45, 2.75) is 25.4 Å². The number of aryl methyl sites for hydroxylation is 1. The monoisotopic (exact) mass is 333 g/mol. The molecule has 23 heavy (non-hydrogen) atoms. The molecule has 2 aromatic heterocycles. The SMILES string of the molecule is Cc1cc(N2CCC[C@](O)(CNC(=O)c3cscn3)C2)ncn1. The predicted octanol–water partition coefficient (Wildman–Crippen LogP) is 1.00. The molecular formula is C15H19N5O2S. The molecule has 0 unspecified atom stereocenters. The average molecular weight is 333 g/mol. The van der Waals surface area contributed by atoms with E-state index in [0.717, 1.165) is 24.5 Å². The highest BCUT2D eigenvalue weighted by Crippen LogP contribution is 2.24. The van der Waals surface area contributed by atoms with E-state index in [-0.39, 0.29) is 12.5 Å². The number of piperidine rings is 1. The summed E-state index contributed by atoms with van der Waals surface area (Å²) < 4.78 is 0. The van der Waals surface area contributed by atoms with Gasteiger partial charge in [0.05, 0.1) is 11.1 Å². The van der Waals surface area contributed by atoms with E-state index in [9.17, 15) is 9.90 Å². The van der Waals surface area contributed by atoms with E-state index < -0.39 is 5.60 Å². The minimum absolute atomic E-state index is 0.198. The third-order valence-electron chi connectivity index (χ3n) is 3.91. The third-order valence-corrected chi connectivity index (χ3v) is 4.50. The highest BCUT2D eigenvalue weighted by molar-refractivity contribution is 7.07. The van der Waals surface area contributed by atoms with E-state index in [2.05, 4.69) is 20.3 Å². The molecule has 0 saturated carbocycles. The van der Waals surface area contributed by atoms with Crippen LogP contribution in [-0.4, -0.2) is 51.2 Å². The van der Waals surface area contributed by atoms with Gasteiger partial charge in [-0.25, -0.2) is 15.0 Å². The van der Waals surface area contributed by atoms with Crippen LogP contribution in [-0.2, 0) is 0 Å². The zero-order chi connectivity index (χ0) is 16.3. The first-order valence-electron chi connectivity index (χ1n) is 7.48. The Balaban J connectivity index is 1.63. The lowest BCUT2D eigenvalue weighted by Gasteiger charge is -2.39. The van der Waals surface area contributed by atoms with Crippen molar-refractivity contribution in [2.75, 3.05) is 24.5 Å². The molecule has 122 valence electrons. The average Bonchev–Trinajstić information content (AvgIpc) is 3.07. The minimum Gasteiger partial charge on any atom is -0.386 e. The molecule has 0 bridgehead atoms. The summed E-state index contributed by atoms with van der Waals surface area (Å²) in [5.41, 5.74) is 1.92. The fourth-order valence-electron chi connectivity index (χ4n) is 2.73. The molecule has 0 aromatic carbocycles. The van der Waals surface area contributed by atoms with Gasteiger partial charge in [-0.3, -0.25) is 4.79 Å². The van der Waals surface area contributed by atoms with Crippen LogP contribution in [0.15, 0.2) is 23.3 Å². The van der Waals surface area contributed by atoms with Gasteiger partial charge in [-0.1, -0.05) is 0 Å². The molecule has 1 aliphatic heterocycles. The Labute approximate surface area is 138 Å². The van der Waals surface area contributed by atoms with Crippen LogP contribution in [0, 0.1) is 6.92 Å². The molecule has 0 aliphatic carbocycles. The molecule has 0 radical (unpaired) electrons. The molecule has 8 heteroatoms. The highest BCUT2D eigenvalue weighted by atomic mass is 32.1. The molecule has 1 atom stereocenters. The molecule has 1 aliphatic rings. The maximum absolute atomic E-state index is 12.0. The highest BCUT2D eigenvalue weighted by Gasteiger charge is 2.34. The Kier molecular flexibility index (Phi) is 4.53. The number of aliphatic hydroxyl groups is 1. The number of hydrogen-bond donors (Lipinski definition) is 2. The largest absolute Gasteiger partial charge is 0.386 e. The molecule has 2 aromatic rings. The topological polar surface area (TPSA) is 91.2 Å². The first-order valence-corrected chi connectivity index (χ1v) is 8.42. The maximum Gasteiger partial charge on any atom is 0.270 e. The van der Waals surface area contributed by atoms with Crippen molar-refractivity contribution in [1.29, 1.82) is 0 Å². The summed E-state index contributed by atoms with van der Waals surface area (Å²) in [4.78, 5) is 26.4. The van der Waals surface area contributed by atoms with Gasteiger partial charge in [0.15, 0.2) is 0 Å². The number of nitrogens with zero attached hydrogens (tertiary/aromatic N) is 4. The molecule has 0 spiro atoms. The Bertz CT molecular complexity index is 678. The Morgan fingerprint density at radius 3 is 3.09 bits per heavy atom. The predicted molar refractivity (Wildman–Crippen MR) is 87.6 cm³/mol. The lowest BCUT2D eigenvalue weighted by molar-refractivity contribution is 0.0254. The summed E-state index contributed by atoms with van der Waals surface area (Å²) in [7, 11) is 0. The Morgan fingerprint density at radius 1 is 1.48 bits per heavy atom. The van der Waals surface area contributed by atoms with Crippen molar-refractivity contribution in [3.63, 3.8) is 0 Å². The summed E-state index contributed by atoms with van der Waals surface area (Å²) in [6, 6.07) is 1.90. The Morgan fingerprint density at radius 2 is 2.35 bits per heavy atom. The second kappa shape index (κ2) is 6.59. The summed E-state index contributed by atoms with van der Waals surface area (Å²) >= 11 is 1.37. The summed E-state index contributed by atoms with van der Waals surface area (Å²) in [5, 5.41) is 15.3. The van der Waals surface area contributed by atoms with Gasteiger partial charge >= 0.3 is 0 Å². The number of nitrogens with one attached hydrogen (secondary N) is 1. The van der Waals surface area contributed by atoms with Gasteiger partial charge in [-0.15, -0.1) is 11.3 Å². The van der Waals surface area contributed by atoms with Crippen LogP contribution in [0.5, 0.6) is 0 Å². The van der Waals surface area contributed by atoms with Crippen LogP contribution in [0.4, 0.5) is 5.82 Å². The minimum atomic E-state index is -0.969. The fourth-order valence-corrected chi connectivity index (χ4v) is 3.26. The van der Waals surface area contributed by atoms with Gasteiger partial charge in [-0.2, -0.15) is 0 Å². The van der Waals surface area contributed by atoms with Gasteiger partial charge < -0.3 is 15.3 Å². The molecule has 2 N–H and O–H groups in total. The first kappa shape index (κ1) is 15.8. The first-order chi connectivity index (χ1) is 11.1. The van der Waals surface area contributed by atoms with E-state index in [0.29, 0.717) is 18.7 Å². The number of carbonyl (C=O) groups is 1. The standard InChI is InChI=1S/C15H19N5O2S/c1-11-5-13(18-9-17-11)20-4-2-3-15(22,8-20)7-16-14(21)12-6-23-10-19-12/h5-6,9-10,22H,2-4,7-8H2,1H3,(H,16,21)/t15-/m0/s1. The number of carbonyl (C=O) groups excluding carboxylic acids is 1. The van der Waals surface area contributed by atoms with Crippen LogP contribution in [0.25, 0.3) is 0 Å². The number of anilines is 1. The second-order valence-electron chi connectivity index (χ2n) is 5.82. The van der Waals surface area contributed by atoms with E-state index in [1.165, 1.54) is 17.7 Å². The summed E-state index contributed by atoms with van der Waals surface area (Å²) in [5.74, 6) is 0.552. The van der Waals surface area contributed by atoms with Gasteiger partial charge in [0, 0.05) is 36.8 Å². The molecule has 3 rings (SSSR count). The lowest BCUT2D eigenvalue weighted by Crippen LogP contribution is -2.54. The van der Waals surface area contributed by atoms with Gasteiger partial charge in [-0.05, 0) is 19.8 Å². The lowest BCUT2D eigenvalue weighted by atomic mass is 9.92. The zero-order valence-electron chi connectivity index (χ0n) is 12.9. The summed E-state index contributed by atoms with van der Waals surface area (Å²) in [6.07, 6.45) is 3.01. The quantitative estimate of drug-likeness (QED) is 0.867. The number of hydrogen-bond acceptors (Lipinski definition) is 7. The number of amides is 1. The zero-order valence-corrected chi connectivity index (χ0v) is 13.7.